The molecule has 1 N–H and O–H groups in total. The van der Waals surface area contributed by atoms with Crippen molar-refractivity contribution >= 4 is 27.5 Å². The van der Waals surface area contributed by atoms with Crippen LogP contribution in [-0.4, -0.2) is 12.5 Å². The second-order valence-electron chi connectivity index (χ2n) is 4.87. The van der Waals surface area contributed by atoms with E-state index in [1.165, 1.54) is 0 Å². The predicted octanol–water partition coefficient (Wildman–Crippen LogP) is 4.35. The van der Waals surface area contributed by atoms with Gasteiger partial charge in [0.1, 0.15) is 5.75 Å². The van der Waals surface area contributed by atoms with Crippen molar-refractivity contribution in [1.29, 1.82) is 0 Å². The SMILES string of the molecule is CCOc1ccc(NC(=O)CCC(C)C)cc1CBr. The van der Waals surface area contributed by atoms with Gasteiger partial charge in [0.25, 0.3) is 0 Å². The van der Waals surface area contributed by atoms with Gasteiger partial charge in [-0.05, 0) is 37.5 Å². The number of amides is 1. The Morgan fingerprint density at radius 1 is 1.42 bits per heavy atom. The Morgan fingerprint density at radius 3 is 2.74 bits per heavy atom. The second-order valence-corrected chi connectivity index (χ2v) is 5.43. The van der Waals surface area contributed by atoms with Crippen LogP contribution in [0.1, 0.15) is 39.2 Å². The van der Waals surface area contributed by atoms with Crippen molar-refractivity contribution in [3.63, 3.8) is 0 Å². The summed E-state index contributed by atoms with van der Waals surface area (Å²) < 4.78 is 5.52. The van der Waals surface area contributed by atoms with Gasteiger partial charge in [-0.1, -0.05) is 29.8 Å². The summed E-state index contributed by atoms with van der Waals surface area (Å²) in [6.45, 7) is 6.83. The molecule has 0 saturated carbocycles. The summed E-state index contributed by atoms with van der Waals surface area (Å²) in [5.74, 6) is 1.47. The Hall–Kier alpha value is -1.03. The fraction of sp³-hybridized carbons (Fsp3) is 0.533. The van der Waals surface area contributed by atoms with E-state index in [1.54, 1.807) is 0 Å². The van der Waals surface area contributed by atoms with Gasteiger partial charge in [-0.2, -0.15) is 0 Å². The van der Waals surface area contributed by atoms with Gasteiger partial charge in [0.05, 0.1) is 6.61 Å². The highest BCUT2D eigenvalue weighted by Crippen LogP contribution is 2.25. The zero-order valence-electron chi connectivity index (χ0n) is 11.8. The zero-order chi connectivity index (χ0) is 14.3. The molecule has 4 heteroatoms. The molecule has 0 saturated heterocycles. The van der Waals surface area contributed by atoms with Crippen LogP contribution in [0.3, 0.4) is 0 Å². The quantitative estimate of drug-likeness (QED) is 0.756. The molecular formula is C15H22BrNO2. The van der Waals surface area contributed by atoms with Gasteiger partial charge in [-0.15, -0.1) is 0 Å². The van der Waals surface area contributed by atoms with Crippen LogP contribution < -0.4 is 10.1 Å². The number of alkyl halides is 1. The molecule has 0 aliphatic heterocycles. The molecule has 0 unspecified atom stereocenters. The lowest BCUT2D eigenvalue weighted by atomic mass is 10.1. The monoisotopic (exact) mass is 327 g/mol. The first-order valence-corrected chi connectivity index (χ1v) is 7.80. The third-order valence-corrected chi connectivity index (χ3v) is 3.34. The normalized spacial score (nSPS) is 10.6. The zero-order valence-corrected chi connectivity index (χ0v) is 13.4. The fourth-order valence-electron chi connectivity index (χ4n) is 1.70. The lowest BCUT2D eigenvalue weighted by molar-refractivity contribution is -0.116. The highest BCUT2D eigenvalue weighted by Gasteiger charge is 2.07. The number of benzene rings is 1. The smallest absolute Gasteiger partial charge is 0.224 e. The van der Waals surface area contributed by atoms with Gasteiger partial charge in [0, 0.05) is 23.0 Å². The first-order valence-electron chi connectivity index (χ1n) is 6.68. The third kappa shape index (κ3) is 5.64. The van der Waals surface area contributed by atoms with E-state index in [9.17, 15) is 4.79 Å². The molecule has 0 radical (unpaired) electrons. The molecule has 0 aliphatic carbocycles. The maximum Gasteiger partial charge on any atom is 0.224 e. The maximum atomic E-state index is 11.8. The molecule has 0 atom stereocenters. The first kappa shape index (κ1) is 16.0. The molecule has 0 spiro atoms. The molecule has 0 bridgehead atoms. The Kier molecular flexibility index (Phi) is 6.92. The fourth-order valence-corrected chi connectivity index (χ4v) is 2.14. The number of hydrogen-bond acceptors (Lipinski definition) is 2. The Labute approximate surface area is 123 Å². The molecule has 0 aromatic heterocycles. The molecule has 0 heterocycles. The molecule has 0 aliphatic rings. The molecule has 3 nitrogen and oxygen atoms in total. The van der Waals surface area contributed by atoms with Crippen LogP contribution in [0.25, 0.3) is 0 Å². The molecule has 1 aromatic carbocycles. The number of ether oxygens (including phenoxy) is 1. The van der Waals surface area contributed by atoms with Crippen molar-refractivity contribution in [1.82, 2.24) is 0 Å². The van der Waals surface area contributed by atoms with E-state index >= 15 is 0 Å². The number of hydrogen-bond donors (Lipinski definition) is 1. The maximum absolute atomic E-state index is 11.8. The van der Waals surface area contributed by atoms with Crippen LogP contribution in [0, 0.1) is 5.92 Å². The van der Waals surface area contributed by atoms with E-state index in [1.807, 2.05) is 25.1 Å². The minimum Gasteiger partial charge on any atom is -0.494 e. The van der Waals surface area contributed by atoms with Crippen molar-refractivity contribution in [2.45, 2.75) is 38.9 Å². The minimum atomic E-state index is 0.0679. The Bertz CT molecular complexity index is 419. The summed E-state index contributed by atoms with van der Waals surface area (Å²) in [5.41, 5.74) is 1.87. The number of nitrogens with one attached hydrogen (secondary N) is 1. The van der Waals surface area contributed by atoms with Crippen LogP contribution >= 0.6 is 15.9 Å². The predicted molar refractivity (Wildman–Crippen MR) is 82.9 cm³/mol. The summed E-state index contributed by atoms with van der Waals surface area (Å²) in [6, 6.07) is 5.73. The summed E-state index contributed by atoms with van der Waals surface area (Å²) in [5, 5.41) is 3.63. The molecule has 1 aromatic rings. The van der Waals surface area contributed by atoms with Crippen molar-refractivity contribution in [2.24, 2.45) is 5.92 Å². The number of carbonyl (C=O) groups excluding carboxylic acids is 1. The molecule has 0 fully saturated rings. The summed E-state index contributed by atoms with van der Waals surface area (Å²) in [4.78, 5) is 11.8. The van der Waals surface area contributed by atoms with Crippen LogP contribution in [-0.2, 0) is 10.1 Å². The Morgan fingerprint density at radius 2 is 2.16 bits per heavy atom. The standard InChI is InChI=1S/C15H22BrNO2/c1-4-19-14-7-6-13(9-12(14)10-16)17-15(18)8-5-11(2)3/h6-7,9,11H,4-5,8,10H2,1-3H3,(H,17,18). The lowest BCUT2D eigenvalue weighted by Gasteiger charge is -2.11. The van der Waals surface area contributed by atoms with Crippen LogP contribution in [0.5, 0.6) is 5.75 Å². The number of carbonyl (C=O) groups is 1. The van der Waals surface area contributed by atoms with Gasteiger partial charge in [0.15, 0.2) is 0 Å². The Balaban J connectivity index is 2.66. The largest absolute Gasteiger partial charge is 0.494 e. The summed E-state index contributed by atoms with van der Waals surface area (Å²) >= 11 is 3.44. The molecule has 19 heavy (non-hydrogen) atoms. The highest BCUT2D eigenvalue weighted by atomic mass is 79.9. The van der Waals surface area contributed by atoms with E-state index in [0.29, 0.717) is 24.3 Å². The van der Waals surface area contributed by atoms with Crippen LogP contribution in [0.2, 0.25) is 0 Å². The van der Waals surface area contributed by atoms with Crippen molar-refractivity contribution in [3.05, 3.63) is 23.8 Å². The highest BCUT2D eigenvalue weighted by molar-refractivity contribution is 9.08. The van der Waals surface area contributed by atoms with Gasteiger partial charge < -0.3 is 10.1 Å². The van der Waals surface area contributed by atoms with Crippen molar-refractivity contribution in [2.75, 3.05) is 11.9 Å². The average Bonchev–Trinajstić information content (AvgIpc) is 2.38. The minimum absolute atomic E-state index is 0.0679. The summed E-state index contributed by atoms with van der Waals surface area (Å²) in [6.07, 6.45) is 1.47. The second kappa shape index (κ2) is 8.20. The van der Waals surface area contributed by atoms with Crippen molar-refractivity contribution < 1.29 is 9.53 Å². The number of rotatable bonds is 7. The van der Waals surface area contributed by atoms with Crippen molar-refractivity contribution in [3.8, 4) is 5.75 Å². The van der Waals surface area contributed by atoms with E-state index in [2.05, 4.69) is 35.1 Å². The van der Waals surface area contributed by atoms with Gasteiger partial charge in [0.2, 0.25) is 5.91 Å². The van der Waals surface area contributed by atoms with Gasteiger partial charge in [-0.3, -0.25) is 4.79 Å². The molecule has 1 rings (SSSR count). The van der Waals surface area contributed by atoms with E-state index in [4.69, 9.17) is 4.74 Å². The molecular weight excluding hydrogens is 306 g/mol. The molecule has 1 amide bonds. The topological polar surface area (TPSA) is 38.3 Å². The first-order chi connectivity index (χ1) is 9.06. The number of halogens is 1. The van der Waals surface area contributed by atoms with E-state index in [0.717, 1.165) is 23.4 Å². The summed E-state index contributed by atoms with van der Waals surface area (Å²) in [7, 11) is 0. The average molecular weight is 328 g/mol. The van der Waals surface area contributed by atoms with Crippen LogP contribution in [0.4, 0.5) is 5.69 Å². The van der Waals surface area contributed by atoms with Gasteiger partial charge in [-0.25, -0.2) is 0 Å². The van der Waals surface area contributed by atoms with E-state index < -0.39 is 0 Å². The number of anilines is 1. The molecule has 106 valence electrons. The third-order valence-electron chi connectivity index (χ3n) is 2.74. The van der Waals surface area contributed by atoms with E-state index in [-0.39, 0.29) is 5.91 Å². The lowest BCUT2D eigenvalue weighted by Crippen LogP contribution is -2.12. The van der Waals surface area contributed by atoms with Gasteiger partial charge >= 0.3 is 0 Å². The van der Waals surface area contributed by atoms with Crippen LogP contribution in [0.15, 0.2) is 18.2 Å².